The molecule has 2 aromatic rings. The highest BCUT2D eigenvalue weighted by molar-refractivity contribution is 5.92. The van der Waals surface area contributed by atoms with Crippen LogP contribution in [-0.2, 0) is 13.0 Å². The molecule has 1 fully saturated rings. The van der Waals surface area contributed by atoms with Crippen LogP contribution >= 0.6 is 0 Å². The van der Waals surface area contributed by atoms with Crippen LogP contribution in [0.25, 0.3) is 0 Å². The van der Waals surface area contributed by atoms with E-state index in [1.807, 2.05) is 11.0 Å². The minimum absolute atomic E-state index is 0.0962. The van der Waals surface area contributed by atoms with Gasteiger partial charge in [-0.3, -0.25) is 9.69 Å². The van der Waals surface area contributed by atoms with E-state index in [9.17, 15) is 4.79 Å². The monoisotopic (exact) mass is 412 g/mol. The molecule has 7 nitrogen and oxygen atoms in total. The topological polar surface area (TPSA) is 84.8 Å². The highest BCUT2D eigenvalue weighted by Crippen LogP contribution is 2.23. The van der Waals surface area contributed by atoms with E-state index >= 15 is 0 Å². The molecule has 1 amide bonds. The fourth-order valence-corrected chi connectivity index (χ4v) is 4.48. The number of piperidine rings is 1. The van der Waals surface area contributed by atoms with Gasteiger partial charge in [0.2, 0.25) is 5.89 Å². The summed E-state index contributed by atoms with van der Waals surface area (Å²) in [6, 6.07) is 9.00. The summed E-state index contributed by atoms with van der Waals surface area (Å²) in [5.41, 5.74) is 7.25. The highest BCUT2D eigenvalue weighted by atomic mass is 16.5. The zero-order valence-corrected chi connectivity index (χ0v) is 17.6. The average molecular weight is 413 g/mol. The average Bonchev–Trinajstić information content (AvgIpc) is 3.26. The van der Waals surface area contributed by atoms with Crippen LogP contribution in [0, 0.1) is 0 Å². The number of rotatable bonds is 2. The summed E-state index contributed by atoms with van der Waals surface area (Å²) in [6.07, 6.45) is 8.13. The van der Waals surface area contributed by atoms with Crippen molar-refractivity contribution in [2.45, 2.75) is 51.1 Å². The minimum atomic E-state index is -0.0962. The fraction of sp³-hybridized carbons (Fsp3) is 0.565. The van der Waals surface area contributed by atoms with Gasteiger partial charge in [-0.15, -0.1) is 0 Å². The Kier molecular flexibility index (Phi) is 7.02. The molecule has 1 aromatic heterocycles. The van der Waals surface area contributed by atoms with Gasteiger partial charge >= 0.3 is 0 Å². The first-order chi connectivity index (χ1) is 14.7. The number of nitrogens with zero attached hydrogens (tertiary/aromatic N) is 3. The molecule has 3 heterocycles. The van der Waals surface area contributed by atoms with Crippen molar-refractivity contribution < 1.29 is 13.9 Å². The maximum absolute atomic E-state index is 13.1. The van der Waals surface area contributed by atoms with Crippen molar-refractivity contribution in [3.05, 3.63) is 47.7 Å². The number of aromatic nitrogens is 1. The smallest absolute Gasteiger partial charge is 0.275 e. The third-order valence-corrected chi connectivity index (χ3v) is 6.14. The van der Waals surface area contributed by atoms with Crippen molar-refractivity contribution in [3.63, 3.8) is 0 Å². The van der Waals surface area contributed by atoms with Crippen molar-refractivity contribution >= 4 is 5.91 Å². The molecule has 1 saturated heterocycles. The van der Waals surface area contributed by atoms with E-state index in [4.69, 9.17) is 14.9 Å². The molecule has 0 aliphatic carbocycles. The largest absolute Gasteiger partial charge is 0.494 e. The van der Waals surface area contributed by atoms with Gasteiger partial charge in [-0.05, 0) is 56.3 Å². The molecule has 2 N–H and O–H groups in total. The summed E-state index contributed by atoms with van der Waals surface area (Å²) >= 11 is 0. The van der Waals surface area contributed by atoms with Crippen LogP contribution in [0.2, 0.25) is 0 Å². The lowest BCUT2D eigenvalue weighted by molar-refractivity contribution is 0.0677. The first kappa shape index (κ1) is 20.9. The van der Waals surface area contributed by atoms with Crippen molar-refractivity contribution in [1.82, 2.24) is 14.8 Å². The van der Waals surface area contributed by atoms with Crippen molar-refractivity contribution in [2.24, 2.45) is 5.73 Å². The second-order valence-corrected chi connectivity index (χ2v) is 8.20. The second-order valence-electron chi connectivity index (χ2n) is 8.20. The zero-order valence-electron chi connectivity index (χ0n) is 17.6. The van der Waals surface area contributed by atoms with Crippen LogP contribution in [0.5, 0.6) is 5.75 Å². The molecule has 2 aliphatic rings. The Morgan fingerprint density at radius 2 is 2.07 bits per heavy atom. The van der Waals surface area contributed by atoms with Crippen LogP contribution in [0.3, 0.4) is 0 Å². The van der Waals surface area contributed by atoms with Crippen molar-refractivity contribution in [1.29, 1.82) is 0 Å². The molecule has 4 rings (SSSR count). The fourth-order valence-electron chi connectivity index (χ4n) is 4.48. The Bertz CT molecular complexity index is 837. The van der Waals surface area contributed by atoms with E-state index in [1.54, 1.807) is 0 Å². The highest BCUT2D eigenvalue weighted by Gasteiger charge is 2.25. The molecule has 0 saturated carbocycles. The van der Waals surface area contributed by atoms with Gasteiger partial charge in [0.15, 0.2) is 5.69 Å². The molecular weight excluding hydrogens is 380 g/mol. The molecule has 1 aromatic carbocycles. The van der Waals surface area contributed by atoms with Gasteiger partial charge in [-0.25, -0.2) is 4.98 Å². The summed E-state index contributed by atoms with van der Waals surface area (Å²) in [5, 5.41) is 0. The van der Waals surface area contributed by atoms with Gasteiger partial charge in [0.25, 0.3) is 5.91 Å². The first-order valence-corrected chi connectivity index (χ1v) is 11.1. The maximum Gasteiger partial charge on any atom is 0.275 e. The normalized spacial score (nSPS) is 21.4. The van der Waals surface area contributed by atoms with E-state index in [1.165, 1.54) is 31.1 Å². The Hall–Kier alpha value is -2.38. The number of fused-ring (bicyclic) bond motifs is 3. The van der Waals surface area contributed by atoms with E-state index in [-0.39, 0.29) is 12.5 Å². The van der Waals surface area contributed by atoms with Crippen LogP contribution in [-0.4, -0.2) is 59.5 Å². The van der Waals surface area contributed by atoms with Gasteiger partial charge in [-0.2, -0.15) is 0 Å². The van der Waals surface area contributed by atoms with Crippen LogP contribution in [0.15, 0.2) is 34.9 Å². The van der Waals surface area contributed by atoms with E-state index in [2.05, 4.69) is 28.1 Å². The van der Waals surface area contributed by atoms with Crippen LogP contribution in [0.4, 0.5) is 0 Å². The number of nitrogens with two attached hydrogens (primary N) is 1. The van der Waals surface area contributed by atoms with Gasteiger partial charge in [0.05, 0.1) is 13.2 Å². The van der Waals surface area contributed by atoms with Gasteiger partial charge < -0.3 is 19.8 Å². The Morgan fingerprint density at radius 1 is 1.13 bits per heavy atom. The molecular formula is C23H32N4O3. The lowest BCUT2D eigenvalue weighted by Crippen LogP contribution is -2.45. The Balaban J connectivity index is 1.50. The molecule has 30 heavy (non-hydrogen) atoms. The second kappa shape index (κ2) is 10.1. The number of carbonyl (C=O) groups is 1. The van der Waals surface area contributed by atoms with Gasteiger partial charge in [0, 0.05) is 25.7 Å². The van der Waals surface area contributed by atoms with E-state index < -0.39 is 0 Å². The summed E-state index contributed by atoms with van der Waals surface area (Å²) in [4.78, 5) is 21.8. The standard InChI is InChI=1S/C23H32N4O3/c24-16-22-25-21(17-30-22)23(28)27-11-4-14-29-20-7-3-5-18(15-20)8-9-19-6-1-2-10-26(19)12-13-27/h3,5,7,15,17,19H,1-2,4,6,8-14,16,24H2. The number of aryl methyl sites for hydroxylation is 1. The molecule has 1 atom stereocenters. The number of benzene rings is 1. The maximum atomic E-state index is 13.1. The Morgan fingerprint density at radius 3 is 2.93 bits per heavy atom. The number of amides is 1. The van der Waals surface area contributed by atoms with Crippen LogP contribution in [0.1, 0.15) is 54.0 Å². The summed E-state index contributed by atoms with van der Waals surface area (Å²) in [6.45, 7) is 4.07. The SMILES string of the molecule is NCc1nc(C(=O)N2CCCOc3cccc(c3)CCC3CCCCN3CC2)co1. The molecule has 0 radical (unpaired) electrons. The van der Waals surface area contributed by atoms with Gasteiger partial charge in [-0.1, -0.05) is 18.6 Å². The number of ether oxygens (including phenoxy) is 1. The van der Waals surface area contributed by atoms with E-state index in [0.717, 1.165) is 38.1 Å². The number of hydrogen-bond donors (Lipinski definition) is 1. The van der Waals surface area contributed by atoms with Crippen LogP contribution < -0.4 is 10.5 Å². The molecule has 2 bridgehead atoms. The first-order valence-electron chi connectivity index (χ1n) is 11.1. The third-order valence-electron chi connectivity index (χ3n) is 6.14. The molecule has 2 aliphatic heterocycles. The predicted octanol–water partition coefficient (Wildman–Crippen LogP) is 2.85. The minimum Gasteiger partial charge on any atom is -0.494 e. The molecule has 0 spiro atoms. The number of carbonyl (C=O) groups excluding carboxylic acids is 1. The lowest BCUT2D eigenvalue weighted by atomic mass is 9.95. The van der Waals surface area contributed by atoms with Crippen molar-refractivity contribution in [3.8, 4) is 5.75 Å². The quantitative estimate of drug-likeness (QED) is 0.816. The number of oxazole rings is 1. The zero-order chi connectivity index (χ0) is 20.8. The molecule has 162 valence electrons. The van der Waals surface area contributed by atoms with Gasteiger partial charge in [0.1, 0.15) is 12.0 Å². The lowest BCUT2D eigenvalue weighted by Gasteiger charge is -2.37. The third kappa shape index (κ3) is 5.21. The summed E-state index contributed by atoms with van der Waals surface area (Å²) < 4.78 is 11.2. The molecule has 1 unspecified atom stereocenters. The van der Waals surface area contributed by atoms with E-state index in [0.29, 0.717) is 37.3 Å². The van der Waals surface area contributed by atoms with Crippen molar-refractivity contribution in [2.75, 3.05) is 32.8 Å². The summed E-state index contributed by atoms with van der Waals surface area (Å²) in [7, 11) is 0. The molecule has 7 heteroatoms. The predicted molar refractivity (Wildman–Crippen MR) is 114 cm³/mol. The number of hydrogen-bond acceptors (Lipinski definition) is 6. The summed E-state index contributed by atoms with van der Waals surface area (Å²) in [5.74, 6) is 1.20. The Labute approximate surface area is 178 Å².